The van der Waals surface area contributed by atoms with E-state index in [-0.39, 0.29) is 5.41 Å². The lowest BCUT2D eigenvalue weighted by Gasteiger charge is -2.45. The molecule has 0 bridgehead atoms. The zero-order chi connectivity index (χ0) is 13.3. The molecular formula is C15H23BrN2. The molecule has 100 valence electrons. The first kappa shape index (κ1) is 14.0. The maximum Gasteiger partial charge on any atom is 0.0331 e. The first-order valence-corrected chi connectivity index (χ1v) is 7.45. The summed E-state index contributed by atoms with van der Waals surface area (Å²) in [4.78, 5) is 2.55. The molecule has 2 nitrogen and oxygen atoms in total. The average Bonchev–Trinajstić information content (AvgIpc) is 2.32. The molecule has 2 rings (SSSR count). The van der Waals surface area contributed by atoms with Gasteiger partial charge in [-0.1, -0.05) is 48.0 Å². The second kappa shape index (κ2) is 5.32. The molecule has 2 atom stereocenters. The van der Waals surface area contributed by atoms with E-state index in [4.69, 9.17) is 5.73 Å². The Balaban J connectivity index is 2.16. The molecule has 1 aromatic carbocycles. The zero-order valence-electron chi connectivity index (χ0n) is 11.5. The molecule has 18 heavy (non-hydrogen) atoms. The van der Waals surface area contributed by atoms with Crippen LogP contribution in [0.4, 0.5) is 0 Å². The van der Waals surface area contributed by atoms with Crippen LogP contribution in [0.25, 0.3) is 0 Å². The van der Waals surface area contributed by atoms with Crippen LogP contribution in [0.2, 0.25) is 0 Å². The lowest BCUT2D eigenvalue weighted by atomic mass is 9.79. The van der Waals surface area contributed by atoms with Gasteiger partial charge in [-0.15, -0.1) is 0 Å². The van der Waals surface area contributed by atoms with Crippen molar-refractivity contribution in [2.24, 2.45) is 11.1 Å². The number of benzene rings is 1. The molecule has 1 aliphatic rings. The van der Waals surface area contributed by atoms with Crippen LogP contribution in [-0.2, 0) is 0 Å². The predicted molar refractivity (Wildman–Crippen MR) is 80.5 cm³/mol. The molecular weight excluding hydrogens is 288 g/mol. The molecule has 0 amide bonds. The highest BCUT2D eigenvalue weighted by Gasteiger charge is 2.35. The van der Waals surface area contributed by atoms with Crippen LogP contribution in [-0.4, -0.2) is 24.0 Å². The van der Waals surface area contributed by atoms with Crippen molar-refractivity contribution in [2.45, 2.75) is 39.3 Å². The first-order valence-electron chi connectivity index (χ1n) is 6.66. The van der Waals surface area contributed by atoms with E-state index in [1.807, 2.05) is 0 Å². The van der Waals surface area contributed by atoms with Crippen LogP contribution in [0.5, 0.6) is 0 Å². The number of piperidine rings is 1. The van der Waals surface area contributed by atoms with Gasteiger partial charge in [0.05, 0.1) is 0 Å². The highest BCUT2D eigenvalue weighted by atomic mass is 79.9. The number of halogens is 1. The maximum absolute atomic E-state index is 6.21. The van der Waals surface area contributed by atoms with E-state index < -0.39 is 0 Å². The number of nitrogens with zero attached hydrogens (tertiary/aromatic N) is 1. The number of hydrogen-bond acceptors (Lipinski definition) is 2. The van der Waals surface area contributed by atoms with E-state index in [9.17, 15) is 0 Å². The van der Waals surface area contributed by atoms with Gasteiger partial charge in [-0.25, -0.2) is 0 Å². The van der Waals surface area contributed by atoms with E-state index >= 15 is 0 Å². The predicted octanol–water partition coefficient (Wildman–Crippen LogP) is 3.57. The Morgan fingerprint density at radius 1 is 1.39 bits per heavy atom. The van der Waals surface area contributed by atoms with Gasteiger partial charge in [0.25, 0.3) is 0 Å². The molecule has 1 saturated heterocycles. The van der Waals surface area contributed by atoms with Crippen molar-refractivity contribution in [1.82, 2.24) is 4.90 Å². The van der Waals surface area contributed by atoms with Crippen LogP contribution < -0.4 is 5.73 Å². The van der Waals surface area contributed by atoms with Gasteiger partial charge < -0.3 is 5.73 Å². The molecule has 1 aromatic rings. The fourth-order valence-corrected chi connectivity index (χ4v) is 3.37. The minimum Gasteiger partial charge on any atom is -0.327 e. The van der Waals surface area contributed by atoms with Gasteiger partial charge in [0.15, 0.2) is 0 Å². The summed E-state index contributed by atoms with van der Waals surface area (Å²) >= 11 is 3.65. The van der Waals surface area contributed by atoms with E-state index in [1.165, 1.54) is 10.0 Å². The van der Waals surface area contributed by atoms with Crippen LogP contribution in [0, 0.1) is 5.41 Å². The summed E-state index contributed by atoms with van der Waals surface area (Å²) in [5.74, 6) is 0. The molecule has 1 fully saturated rings. The average molecular weight is 311 g/mol. The molecule has 0 saturated carbocycles. The molecule has 1 heterocycles. The van der Waals surface area contributed by atoms with Gasteiger partial charge in [0.2, 0.25) is 0 Å². The summed E-state index contributed by atoms with van der Waals surface area (Å²) in [6.07, 6.45) is 1.09. The Labute approximate surface area is 119 Å². The van der Waals surface area contributed by atoms with E-state index in [1.54, 1.807) is 0 Å². The van der Waals surface area contributed by atoms with Crippen molar-refractivity contribution in [3.05, 3.63) is 34.3 Å². The van der Waals surface area contributed by atoms with Crippen molar-refractivity contribution in [1.29, 1.82) is 0 Å². The summed E-state index contributed by atoms with van der Waals surface area (Å²) in [5.41, 5.74) is 7.77. The van der Waals surface area contributed by atoms with Crippen LogP contribution in [0.1, 0.15) is 38.8 Å². The van der Waals surface area contributed by atoms with Crippen molar-refractivity contribution in [3.63, 3.8) is 0 Å². The molecule has 2 unspecified atom stereocenters. The van der Waals surface area contributed by atoms with Gasteiger partial charge in [-0.05, 0) is 30.4 Å². The third-order valence-electron chi connectivity index (χ3n) is 4.24. The Morgan fingerprint density at radius 3 is 2.67 bits per heavy atom. The highest BCUT2D eigenvalue weighted by Crippen LogP contribution is 2.34. The minimum absolute atomic E-state index is 0.202. The topological polar surface area (TPSA) is 29.3 Å². The second-order valence-corrected chi connectivity index (χ2v) is 6.91. The summed E-state index contributed by atoms with van der Waals surface area (Å²) in [6, 6.07) is 9.25. The summed E-state index contributed by atoms with van der Waals surface area (Å²) in [5, 5.41) is 0. The maximum atomic E-state index is 6.21. The standard InChI is InChI=1S/C15H23BrN2/c1-11(12-6-4-5-7-13(12)16)18-9-8-14(17)15(2,3)10-18/h4-7,11,14H,8-10,17H2,1-3H3. The zero-order valence-corrected chi connectivity index (χ0v) is 13.1. The van der Waals surface area contributed by atoms with Crippen molar-refractivity contribution < 1.29 is 0 Å². The van der Waals surface area contributed by atoms with Gasteiger partial charge >= 0.3 is 0 Å². The molecule has 0 spiro atoms. The summed E-state index contributed by atoms with van der Waals surface area (Å²) < 4.78 is 1.20. The van der Waals surface area contributed by atoms with Crippen molar-refractivity contribution >= 4 is 15.9 Å². The monoisotopic (exact) mass is 310 g/mol. The van der Waals surface area contributed by atoms with E-state index in [2.05, 4.69) is 65.9 Å². The van der Waals surface area contributed by atoms with Crippen LogP contribution in [0.15, 0.2) is 28.7 Å². The van der Waals surface area contributed by atoms with Gasteiger partial charge in [-0.2, -0.15) is 0 Å². The summed E-state index contributed by atoms with van der Waals surface area (Å²) in [7, 11) is 0. The van der Waals surface area contributed by atoms with Crippen molar-refractivity contribution in [2.75, 3.05) is 13.1 Å². The molecule has 0 radical (unpaired) electrons. The van der Waals surface area contributed by atoms with Gasteiger partial charge in [-0.3, -0.25) is 4.90 Å². The first-order chi connectivity index (χ1) is 8.42. The Bertz CT molecular complexity index is 417. The fourth-order valence-electron chi connectivity index (χ4n) is 2.76. The molecule has 1 aliphatic heterocycles. The SMILES string of the molecule is CC(c1ccccc1Br)N1CCC(N)C(C)(C)C1. The Kier molecular flexibility index (Phi) is 4.15. The molecule has 0 aliphatic carbocycles. The lowest BCUT2D eigenvalue weighted by molar-refractivity contribution is 0.0662. The van der Waals surface area contributed by atoms with Gasteiger partial charge in [0.1, 0.15) is 0 Å². The molecule has 2 N–H and O–H groups in total. The smallest absolute Gasteiger partial charge is 0.0331 e. The molecule has 3 heteroatoms. The summed E-state index contributed by atoms with van der Waals surface area (Å²) in [6.45, 7) is 8.99. The quantitative estimate of drug-likeness (QED) is 0.905. The van der Waals surface area contributed by atoms with Crippen LogP contribution >= 0.6 is 15.9 Å². The van der Waals surface area contributed by atoms with Gasteiger partial charge in [0, 0.05) is 29.6 Å². The third kappa shape index (κ3) is 2.79. The van der Waals surface area contributed by atoms with E-state index in [0.717, 1.165) is 19.5 Å². The Hall–Kier alpha value is -0.380. The Morgan fingerprint density at radius 2 is 2.06 bits per heavy atom. The van der Waals surface area contributed by atoms with E-state index in [0.29, 0.717) is 12.1 Å². The molecule has 0 aromatic heterocycles. The minimum atomic E-state index is 0.202. The number of likely N-dealkylation sites (tertiary alicyclic amines) is 1. The normalized spacial score (nSPS) is 25.9. The second-order valence-electron chi connectivity index (χ2n) is 6.05. The number of hydrogen-bond donors (Lipinski definition) is 1. The third-order valence-corrected chi connectivity index (χ3v) is 4.97. The highest BCUT2D eigenvalue weighted by molar-refractivity contribution is 9.10. The number of nitrogens with two attached hydrogens (primary N) is 1. The van der Waals surface area contributed by atoms with Crippen molar-refractivity contribution in [3.8, 4) is 0 Å². The fraction of sp³-hybridized carbons (Fsp3) is 0.600. The largest absolute Gasteiger partial charge is 0.327 e. The number of rotatable bonds is 2. The van der Waals surface area contributed by atoms with Crippen LogP contribution in [0.3, 0.4) is 0 Å². The lowest BCUT2D eigenvalue weighted by Crippen LogP contribution is -2.52.